The van der Waals surface area contributed by atoms with E-state index in [0.717, 1.165) is 6.54 Å². The molecule has 15 heavy (non-hydrogen) atoms. The van der Waals surface area contributed by atoms with Crippen molar-refractivity contribution < 1.29 is 0 Å². The van der Waals surface area contributed by atoms with Crippen LogP contribution in [0.3, 0.4) is 0 Å². The van der Waals surface area contributed by atoms with Gasteiger partial charge in [-0.3, -0.25) is 0 Å². The zero-order valence-corrected chi connectivity index (χ0v) is 8.81. The highest BCUT2D eigenvalue weighted by atomic mass is 35.5. The number of rotatable bonds is 3. The van der Waals surface area contributed by atoms with Crippen LogP contribution in [-0.4, -0.2) is 15.0 Å². The minimum atomic E-state index is 0. The summed E-state index contributed by atoms with van der Waals surface area (Å²) in [6.45, 7) is 0.727. The van der Waals surface area contributed by atoms with Gasteiger partial charge in [0.2, 0.25) is 5.95 Å². The summed E-state index contributed by atoms with van der Waals surface area (Å²) in [4.78, 5) is 11.7. The Morgan fingerprint density at radius 3 is 2.33 bits per heavy atom. The second-order valence-electron chi connectivity index (χ2n) is 2.80. The fraction of sp³-hybridized carbons (Fsp3) is 0.100. The molecule has 78 valence electrons. The van der Waals surface area contributed by atoms with Gasteiger partial charge in [-0.15, -0.1) is 12.4 Å². The first-order valence-electron chi connectivity index (χ1n) is 4.35. The molecule has 0 atom stereocenters. The Bertz CT molecular complexity index is 340. The minimum Gasteiger partial charge on any atom is -0.350 e. The molecule has 0 fully saturated rings. The van der Waals surface area contributed by atoms with Crippen LogP contribution in [-0.2, 0) is 6.54 Å². The Morgan fingerprint density at radius 2 is 1.67 bits per heavy atom. The third kappa shape index (κ3) is 3.52. The number of aromatic nitrogens is 3. The van der Waals surface area contributed by atoms with E-state index >= 15 is 0 Å². The van der Waals surface area contributed by atoms with Crippen molar-refractivity contribution in [3.8, 4) is 0 Å². The predicted molar refractivity (Wildman–Crippen MR) is 60.8 cm³/mol. The van der Waals surface area contributed by atoms with Crippen LogP contribution in [0.1, 0.15) is 5.56 Å². The smallest absolute Gasteiger partial charge is 0.225 e. The number of nitrogens with one attached hydrogen (secondary N) is 1. The maximum Gasteiger partial charge on any atom is 0.225 e. The summed E-state index contributed by atoms with van der Waals surface area (Å²) in [5, 5.41) is 3.10. The van der Waals surface area contributed by atoms with Gasteiger partial charge in [-0.25, -0.2) is 15.0 Å². The maximum absolute atomic E-state index is 3.96. The lowest BCUT2D eigenvalue weighted by atomic mass is 10.2. The van der Waals surface area contributed by atoms with Crippen molar-refractivity contribution in [2.75, 3.05) is 5.32 Å². The molecule has 0 saturated carbocycles. The quantitative estimate of drug-likeness (QED) is 0.862. The van der Waals surface area contributed by atoms with E-state index < -0.39 is 0 Å². The Morgan fingerprint density at radius 1 is 1.00 bits per heavy atom. The molecular weight excluding hydrogens is 212 g/mol. The molecule has 0 aliphatic heterocycles. The molecule has 1 aromatic heterocycles. The van der Waals surface area contributed by atoms with E-state index in [9.17, 15) is 0 Å². The van der Waals surface area contributed by atoms with Crippen LogP contribution in [0.15, 0.2) is 43.0 Å². The zero-order valence-electron chi connectivity index (χ0n) is 8.00. The number of anilines is 1. The molecule has 0 aliphatic carbocycles. The third-order valence-electron chi connectivity index (χ3n) is 1.79. The van der Waals surface area contributed by atoms with E-state index in [2.05, 4.69) is 20.3 Å². The van der Waals surface area contributed by atoms with Gasteiger partial charge in [0.05, 0.1) is 0 Å². The molecule has 0 amide bonds. The van der Waals surface area contributed by atoms with Crippen LogP contribution in [0, 0.1) is 0 Å². The van der Waals surface area contributed by atoms with Crippen molar-refractivity contribution in [3.05, 3.63) is 48.5 Å². The largest absolute Gasteiger partial charge is 0.350 e. The topological polar surface area (TPSA) is 50.7 Å². The molecule has 4 nitrogen and oxygen atoms in total. The zero-order chi connectivity index (χ0) is 9.64. The average molecular weight is 223 g/mol. The number of hydrogen-bond acceptors (Lipinski definition) is 4. The molecule has 1 aromatic carbocycles. The highest BCUT2D eigenvalue weighted by molar-refractivity contribution is 5.85. The maximum atomic E-state index is 3.96. The van der Waals surface area contributed by atoms with Gasteiger partial charge in [0.1, 0.15) is 12.7 Å². The summed E-state index contributed by atoms with van der Waals surface area (Å²) >= 11 is 0. The molecule has 2 rings (SSSR count). The minimum absolute atomic E-state index is 0. The van der Waals surface area contributed by atoms with Crippen LogP contribution in [0.4, 0.5) is 5.95 Å². The van der Waals surface area contributed by atoms with Crippen molar-refractivity contribution in [2.24, 2.45) is 0 Å². The molecule has 0 aliphatic rings. The highest BCUT2D eigenvalue weighted by Crippen LogP contribution is 2.01. The molecular formula is C10H11ClN4. The van der Waals surface area contributed by atoms with Crippen molar-refractivity contribution in [2.45, 2.75) is 6.54 Å². The van der Waals surface area contributed by atoms with E-state index in [4.69, 9.17) is 0 Å². The summed E-state index contributed by atoms with van der Waals surface area (Å²) in [6, 6.07) is 10.1. The second-order valence-corrected chi connectivity index (χ2v) is 2.80. The number of halogens is 1. The Kier molecular flexibility index (Phi) is 4.50. The van der Waals surface area contributed by atoms with Gasteiger partial charge < -0.3 is 5.32 Å². The van der Waals surface area contributed by atoms with Gasteiger partial charge in [-0.1, -0.05) is 30.3 Å². The van der Waals surface area contributed by atoms with Gasteiger partial charge in [0.25, 0.3) is 0 Å². The van der Waals surface area contributed by atoms with E-state index in [1.807, 2.05) is 30.3 Å². The lowest BCUT2D eigenvalue weighted by Crippen LogP contribution is -2.02. The third-order valence-corrected chi connectivity index (χ3v) is 1.79. The van der Waals surface area contributed by atoms with Crippen molar-refractivity contribution in [3.63, 3.8) is 0 Å². The van der Waals surface area contributed by atoms with E-state index in [1.165, 1.54) is 18.2 Å². The van der Waals surface area contributed by atoms with Gasteiger partial charge in [-0.05, 0) is 5.56 Å². The van der Waals surface area contributed by atoms with Crippen LogP contribution in [0.5, 0.6) is 0 Å². The van der Waals surface area contributed by atoms with Crippen molar-refractivity contribution in [1.29, 1.82) is 0 Å². The Balaban J connectivity index is 0.00000112. The molecule has 0 saturated heterocycles. The first kappa shape index (κ1) is 11.4. The molecule has 2 aromatic rings. The van der Waals surface area contributed by atoms with Gasteiger partial charge in [0, 0.05) is 6.54 Å². The van der Waals surface area contributed by atoms with Gasteiger partial charge >= 0.3 is 0 Å². The number of nitrogens with zero attached hydrogens (tertiary/aromatic N) is 3. The fourth-order valence-corrected chi connectivity index (χ4v) is 1.11. The van der Waals surface area contributed by atoms with E-state index in [1.54, 1.807) is 0 Å². The van der Waals surface area contributed by atoms with Crippen molar-refractivity contribution in [1.82, 2.24) is 15.0 Å². The van der Waals surface area contributed by atoms with Crippen LogP contribution in [0.25, 0.3) is 0 Å². The number of hydrogen-bond donors (Lipinski definition) is 1. The van der Waals surface area contributed by atoms with Crippen LogP contribution >= 0.6 is 12.4 Å². The van der Waals surface area contributed by atoms with Crippen LogP contribution < -0.4 is 5.32 Å². The average Bonchev–Trinajstić information content (AvgIpc) is 2.29. The molecule has 0 unspecified atom stereocenters. The molecule has 1 N–H and O–H groups in total. The predicted octanol–water partition coefficient (Wildman–Crippen LogP) is 1.91. The molecule has 0 bridgehead atoms. The lowest BCUT2D eigenvalue weighted by Gasteiger charge is -2.02. The highest BCUT2D eigenvalue weighted by Gasteiger charge is 1.93. The van der Waals surface area contributed by atoms with Gasteiger partial charge in [0.15, 0.2) is 0 Å². The lowest BCUT2D eigenvalue weighted by molar-refractivity contribution is 1.00. The van der Waals surface area contributed by atoms with E-state index in [-0.39, 0.29) is 12.4 Å². The second kappa shape index (κ2) is 5.93. The SMILES string of the molecule is Cl.c1ccc(CNc2ncncn2)cc1. The standard InChI is InChI=1S/C10H10N4.ClH/c1-2-4-9(5-3-1)6-12-10-13-7-11-8-14-10;/h1-5,7-8H,6H2,(H,11,12,13,14);1H. The van der Waals surface area contributed by atoms with E-state index in [0.29, 0.717) is 5.95 Å². The Labute approximate surface area is 94.2 Å². The summed E-state index contributed by atoms with van der Waals surface area (Å²) in [5.74, 6) is 0.601. The molecule has 0 radical (unpaired) electrons. The molecule has 1 heterocycles. The first-order valence-corrected chi connectivity index (χ1v) is 4.35. The summed E-state index contributed by atoms with van der Waals surface area (Å²) < 4.78 is 0. The fourth-order valence-electron chi connectivity index (χ4n) is 1.11. The van der Waals surface area contributed by atoms with Crippen LogP contribution in [0.2, 0.25) is 0 Å². The molecule has 0 spiro atoms. The summed E-state index contributed by atoms with van der Waals surface area (Å²) in [7, 11) is 0. The monoisotopic (exact) mass is 222 g/mol. The summed E-state index contributed by atoms with van der Waals surface area (Å²) in [6.07, 6.45) is 2.95. The van der Waals surface area contributed by atoms with Gasteiger partial charge in [-0.2, -0.15) is 0 Å². The molecule has 5 heteroatoms. The number of benzene rings is 1. The van der Waals surface area contributed by atoms with Crippen molar-refractivity contribution >= 4 is 18.4 Å². The normalized spacial score (nSPS) is 9.07. The summed E-state index contributed by atoms with van der Waals surface area (Å²) in [5.41, 5.74) is 1.20. The first-order chi connectivity index (χ1) is 6.95. The Hall–Kier alpha value is -1.68.